The Morgan fingerprint density at radius 1 is 0.875 bits per heavy atom. The van der Waals surface area contributed by atoms with Crippen molar-refractivity contribution in [3.8, 4) is 0 Å². The molecule has 0 bridgehead atoms. The summed E-state index contributed by atoms with van der Waals surface area (Å²) in [6.45, 7) is 0. The predicted octanol–water partition coefficient (Wildman–Crippen LogP) is 2.86. The third-order valence-corrected chi connectivity index (χ3v) is 2.60. The number of benzene rings is 2. The van der Waals surface area contributed by atoms with Gasteiger partial charge < -0.3 is 0 Å². The van der Waals surface area contributed by atoms with Crippen molar-refractivity contribution in [3.05, 3.63) is 71.8 Å². The van der Waals surface area contributed by atoms with Crippen molar-refractivity contribution in [2.75, 3.05) is 0 Å². The average Bonchev–Trinajstić information content (AvgIpc) is 2.38. The smallest absolute Gasteiger partial charge is 0.108 e. The lowest BCUT2D eigenvalue weighted by Crippen LogP contribution is -2.11. The van der Waals surface area contributed by atoms with Gasteiger partial charge in [0.2, 0.25) is 0 Å². The molecule has 1 atom stereocenters. The Labute approximate surface area is 95.6 Å². The van der Waals surface area contributed by atoms with Crippen LogP contribution in [0.15, 0.2) is 60.7 Å². The highest BCUT2D eigenvalue weighted by atomic mass is 16.6. The molecule has 0 aliphatic carbocycles. The van der Waals surface area contributed by atoms with Crippen LogP contribution in [0.1, 0.15) is 17.2 Å². The molecule has 2 aromatic carbocycles. The van der Waals surface area contributed by atoms with E-state index in [0.29, 0.717) is 0 Å². The molecule has 2 nitrogen and oxygen atoms in total. The van der Waals surface area contributed by atoms with Crippen LogP contribution in [0.5, 0.6) is 0 Å². The standard InChI is InChI=1S/C14H15NO/c15-16-14(13-9-5-2-6-10-13)11-12-7-3-1-4-8-12/h1-10,14H,11,15H2. The molecule has 0 aliphatic heterocycles. The van der Waals surface area contributed by atoms with Crippen molar-refractivity contribution in [2.45, 2.75) is 12.5 Å². The number of nitrogens with two attached hydrogens (primary N) is 1. The second-order valence-corrected chi connectivity index (χ2v) is 3.73. The largest absolute Gasteiger partial charge is 0.296 e. The van der Waals surface area contributed by atoms with Crippen LogP contribution in [-0.4, -0.2) is 0 Å². The van der Waals surface area contributed by atoms with Gasteiger partial charge in [0.1, 0.15) is 6.10 Å². The highest BCUT2D eigenvalue weighted by Gasteiger charge is 2.11. The number of rotatable bonds is 4. The Balaban J connectivity index is 2.13. The first-order chi connectivity index (χ1) is 7.90. The van der Waals surface area contributed by atoms with E-state index in [2.05, 4.69) is 12.1 Å². The molecule has 0 fully saturated rings. The third-order valence-electron chi connectivity index (χ3n) is 2.60. The van der Waals surface area contributed by atoms with Crippen LogP contribution < -0.4 is 5.90 Å². The maximum Gasteiger partial charge on any atom is 0.108 e. The number of hydrogen-bond donors (Lipinski definition) is 1. The van der Waals surface area contributed by atoms with Gasteiger partial charge in [-0.3, -0.25) is 4.84 Å². The minimum absolute atomic E-state index is 0.0800. The molecule has 1 unspecified atom stereocenters. The minimum atomic E-state index is -0.0800. The van der Waals surface area contributed by atoms with Gasteiger partial charge >= 0.3 is 0 Å². The topological polar surface area (TPSA) is 35.2 Å². The lowest BCUT2D eigenvalue weighted by molar-refractivity contribution is 0.0530. The minimum Gasteiger partial charge on any atom is -0.296 e. The van der Waals surface area contributed by atoms with Crippen LogP contribution >= 0.6 is 0 Å². The highest BCUT2D eigenvalue weighted by Crippen LogP contribution is 2.20. The van der Waals surface area contributed by atoms with E-state index in [9.17, 15) is 0 Å². The summed E-state index contributed by atoms with van der Waals surface area (Å²) in [6, 6.07) is 20.2. The predicted molar refractivity (Wildman–Crippen MR) is 64.6 cm³/mol. The molecule has 2 N–H and O–H groups in total. The summed E-state index contributed by atoms with van der Waals surface area (Å²) >= 11 is 0. The molecule has 0 saturated carbocycles. The summed E-state index contributed by atoms with van der Waals surface area (Å²) < 4.78 is 0. The van der Waals surface area contributed by atoms with E-state index in [1.165, 1.54) is 5.56 Å². The van der Waals surface area contributed by atoms with Crippen LogP contribution in [0.4, 0.5) is 0 Å². The molecule has 0 amide bonds. The van der Waals surface area contributed by atoms with Gasteiger partial charge in [0.25, 0.3) is 0 Å². The Kier molecular flexibility index (Phi) is 3.70. The van der Waals surface area contributed by atoms with Crippen molar-refractivity contribution in [1.29, 1.82) is 0 Å². The van der Waals surface area contributed by atoms with Crippen LogP contribution in [-0.2, 0) is 11.3 Å². The Morgan fingerprint density at radius 3 is 2.00 bits per heavy atom. The first kappa shape index (κ1) is 10.9. The van der Waals surface area contributed by atoms with Gasteiger partial charge in [-0.15, -0.1) is 0 Å². The molecular formula is C14H15NO. The van der Waals surface area contributed by atoms with E-state index in [0.717, 1.165) is 12.0 Å². The molecule has 0 spiro atoms. The van der Waals surface area contributed by atoms with Gasteiger partial charge in [-0.05, 0) is 11.1 Å². The van der Waals surface area contributed by atoms with Crippen molar-refractivity contribution in [2.24, 2.45) is 5.90 Å². The molecular weight excluding hydrogens is 198 g/mol. The van der Waals surface area contributed by atoms with E-state index in [4.69, 9.17) is 10.7 Å². The van der Waals surface area contributed by atoms with E-state index in [1.807, 2.05) is 48.5 Å². The molecule has 16 heavy (non-hydrogen) atoms. The zero-order valence-corrected chi connectivity index (χ0v) is 9.04. The molecule has 2 heteroatoms. The van der Waals surface area contributed by atoms with Crippen LogP contribution in [0.2, 0.25) is 0 Å². The Hall–Kier alpha value is -1.64. The van der Waals surface area contributed by atoms with E-state index < -0.39 is 0 Å². The fourth-order valence-corrected chi connectivity index (χ4v) is 1.74. The molecule has 0 aliphatic rings. The summed E-state index contributed by atoms with van der Waals surface area (Å²) in [4.78, 5) is 5.04. The third kappa shape index (κ3) is 2.69. The van der Waals surface area contributed by atoms with Gasteiger partial charge in [0.05, 0.1) is 0 Å². The van der Waals surface area contributed by atoms with Gasteiger partial charge in [-0.2, -0.15) is 0 Å². The zero-order valence-electron chi connectivity index (χ0n) is 9.04. The Morgan fingerprint density at radius 2 is 1.44 bits per heavy atom. The monoisotopic (exact) mass is 213 g/mol. The SMILES string of the molecule is NOC(Cc1ccccc1)c1ccccc1. The van der Waals surface area contributed by atoms with Crippen LogP contribution in [0, 0.1) is 0 Å². The maximum atomic E-state index is 5.35. The molecule has 0 radical (unpaired) electrons. The van der Waals surface area contributed by atoms with E-state index >= 15 is 0 Å². The summed E-state index contributed by atoms with van der Waals surface area (Å²) in [5, 5.41) is 0. The normalized spacial score (nSPS) is 12.3. The van der Waals surface area contributed by atoms with Gasteiger partial charge in [-0.25, -0.2) is 5.90 Å². The van der Waals surface area contributed by atoms with Crippen molar-refractivity contribution < 1.29 is 4.84 Å². The van der Waals surface area contributed by atoms with Crippen molar-refractivity contribution in [3.63, 3.8) is 0 Å². The average molecular weight is 213 g/mol. The van der Waals surface area contributed by atoms with Gasteiger partial charge in [0, 0.05) is 6.42 Å². The van der Waals surface area contributed by atoms with Gasteiger partial charge in [-0.1, -0.05) is 60.7 Å². The lowest BCUT2D eigenvalue weighted by atomic mass is 10.0. The maximum absolute atomic E-state index is 5.35. The number of hydrogen-bond acceptors (Lipinski definition) is 2. The summed E-state index contributed by atoms with van der Waals surface area (Å²) in [7, 11) is 0. The second kappa shape index (κ2) is 5.45. The quantitative estimate of drug-likeness (QED) is 0.792. The highest BCUT2D eigenvalue weighted by molar-refractivity contribution is 5.22. The van der Waals surface area contributed by atoms with E-state index in [-0.39, 0.29) is 6.10 Å². The van der Waals surface area contributed by atoms with E-state index in [1.54, 1.807) is 0 Å². The fourth-order valence-electron chi connectivity index (χ4n) is 1.74. The van der Waals surface area contributed by atoms with Crippen molar-refractivity contribution in [1.82, 2.24) is 0 Å². The fraction of sp³-hybridized carbons (Fsp3) is 0.143. The molecule has 2 aromatic rings. The zero-order chi connectivity index (χ0) is 11.2. The van der Waals surface area contributed by atoms with Crippen LogP contribution in [0.25, 0.3) is 0 Å². The summed E-state index contributed by atoms with van der Waals surface area (Å²) in [5.41, 5.74) is 2.33. The molecule has 0 aromatic heterocycles. The van der Waals surface area contributed by atoms with Gasteiger partial charge in [0.15, 0.2) is 0 Å². The van der Waals surface area contributed by atoms with Crippen LogP contribution in [0.3, 0.4) is 0 Å². The second-order valence-electron chi connectivity index (χ2n) is 3.73. The van der Waals surface area contributed by atoms with Crippen molar-refractivity contribution >= 4 is 0 Å². The Bertz CT molecular complexity index is 413. The first-order valence-electron chi connectivity index (χ1n) is 5.34. The molecule has 0 heterocycles. The first-order valence-corrected chi connectivity index (χ1v) is 5.34. The molecule has 0 saturated heterocycles. The summed E-state index contributed by atoms with van der Waals surface area (Å²) in [6.07, 6.45) is 0.713. The molecule has 82 valence electrons. The molecule has 2 rings (SSSR count). The lowest BCUT2D eigenvalue weighted by Gasteiger charge is -2.14. The summed E-state index contributed by atoms with van der Waals surface area (Å²) in [5.74, 6) is 5.35.